The molecule has 7 heteroatoms. The van der Waals surface area contributed by atoms with Gasteiger partial charge in [0.2, 0.25) is 5.91 Å². The zero-order chi connectivity index (χ0) is 15.4. The van der Waals surface area contributed by atoms with Crippen molar-refractivity contribution < 1.29 is 13.9 Å². The maximum absolute atomic E-state index is 12.8. The number of hydrogen-bond donors (Lipinski definition) is 1. The Labute approximate surface area is 131 Å². The van der Waals surface area contributed by atoms with E-state index in [1.165, 1.54) is 23.9 Å². The Kier molecular flexibility index (Phi) is 4.74. The second kappa shape index (κ2) is 6.93. The van der Waals surface area contributed by atoms with Crippen molar-refractivity contribution in [3.8, 4) is 0 Å². The lowest BCUT2D eigenvalue weighted by molar-refractivity contribution is -0.113. The molecule has 2 aromatic rings. The normalized spacial score (nSPS) is 17.6. The average molecular weight is 321 g/mol. The second-order valence-electron chi connectivity index (χ2n) is 5.02. The summed E-state index contributed by atoms with van der Waals surface area (Å²) in [5.74, 6) is -0.128. The van der Waals surface area contributed by atoms with E-state index in [-0.39, 0.29) is 23.5 Å². The minimum absolute atomic E-state index is 0.114. The van der Waals surface area contributed by atoms with Crippen molar-refractivity contribution in [3.63, 3.8) is 0 Å². The van der Waals surface area contributed by atoms with E-state index in [9.17, 15) is 9.18 Å². The van der Waals surface area contributed by atoms with E-state index in [2.05, 4.69) is 10.4 Å². The van der Waals surface area contributed by atoms with Gasteiger partial charge in [0.25, 0.3) is 0 Å². The van der Waals surface area contributed by atoms with Crippen molar-refractivity contribution in [1.29, 1.82) is 0 Å². The van der Waals surface area contributed by atoms with Gasteiger partial charge in [0.05, 0.1) is 30.3 Å². The van der Waals surface area contributed by atoms with Crippen LogP contribution in [0.3, 0.4) is 0 Å². The molecule has 1 saturated heterocycles. The molecule has 0 aliphatic carbocycles. The van der Waals surface area contributed by atoms with Crippen LogP contribution in [0.15, 0.2) is 41.6 Å². The van der Waals surface area contributed by atoms with Gasteiger partial charge in [-0.3, -0.25) is 9.48 Å². The molecule has 1 aromatic heterocycles. The van der Waals surface area contributed by atoms with Gasteiger partial charge in [0.1, 0.15) is 5.82 Å². The van der Waals surface area contributed by atoms with E-state index < -0.39 is 0 Å². The van der Waals surface area contributed by atoms with Crippen LogP contribution in [0, 0.1) is 5.82 Å². The Morgan fingerprint density at radius 3 is 3.00 bits per heavy atom. The van der Waals surface area contributed by atoms with Gasteiger partial charge < -0.3 is 10.1 Å². The van der Waals surface area contributed by atoms with Crippen LogP contribution >= 0.6 is 11.8 Å². The summed E-state index contributed by atoms with van der Waals surface area (Å²) in [6.45, 7) is 1.41. The molecule has 5 nitrogen and oxygen atoms in total. The van der Waals surface area contributed by atoms with E-state index in [4.69, 9.17) is 4.74 Å². The minimum atomic E-state index is -0.280. The van der Waals surface area contributed by atoms with Crippen molar-refractivity contribution in [3.05, 3.63) is 42.5 Å². The van der Waals surface area contributed by atoms with Gasteiger partial charge in [0.15, 0.2) is 0 Å². The molecule has 1 amide bonds. The van der Waals surface area contributed by atoms with Crippen LogP contribution in [0.2, 0.25) is 0 Å². The summed E-state index contributed by atoms with van der Waals surface area (Å²) < 4.78 is 19.9. The number of rotatable bonds is 5. The Hall–Kier alpha value is -1.86. The lowest BCUT2D eigenvalue weighted by Gasteiger charge is -2.07. The summed E-state index contributed by atoms with van der Waals surface area (Å²) >= 11 is 1.36. The van der Waals surface area contributed by atoms with Gasteiger partial charge in [0, 0.05) is 17.7 Å². The third kappa shape index (κ3) is 3.86. The fourth-order valence-electron chi connectivity index (χ4n) is 2.21. The highest BCUT2D eigenvalue weighted by atomic mass is 32.2. The first-order valence-electron chi connectivity index (χ1n) is 7.01. The highest BCUT2D eigenvalue weighted by molar-refractivity contribution is 8.00. The van der Waals surface area contributed by atoms with Gasteiger partial charge in [-0.25, -0.2) is 4.39 Å². The predicted molar refractivity (Wildman–Crippen MR) is 82.5 cm³/mol. The standard InChI is InChI=1S/C15H16FN3O2S/c16-11-1-3-14(4-2-11)22-10-15(20)18-12-7-17-19(8-12)13-5-6-21-9-13/h1-4,7-8,13H,5-6,9-10H2,(H,18,20)/t13-/m0/s1. The van der Waals surface area contributed by atoms with Gasteiger partial charge in [-0.15, -0.1) is 11.8 Å². The van der Waals surface area contributed by atoms with E-state index in [1.54, 1.807) is 18.3 Å². The summed E-state index contributed by atoms with van der Waals surface area (Å²) in [5.41, 5.74) is 0.677. The SMILES string of the molecule is O=C(CSc1ccc(F)cc1)Nc1cnn([C@H]2CCOC2)c1. The topological polar surface area (TPSA) is 56.2 Å². The molecule has 2 heterocycles. The number of benzene rings is 1. The highest BCUT2D eigenvalue weighted by Crippen LogP contribution is 2.21. The van der Waals surface area contributed by atoms with Crippen LogP contribution in [-0.2, 0) is 9.53 Å². The molecule has 3 rings (SSSR count). The predicted octanol–water partition coefficient (Wildman–Crippen LogP) is 2.71. The molecule has 1 fully saturated rings. The number of carbonyl (C=O) groups is 1. The van der Waals surface area contributed by atoms with Crippen molar-refractivity contribution >= 4 is 23.4 Å². The van der Waals surface area contributed by atoms with Crippen LogP contribution < -0.4 is 5.32 Å². The summed E-state index contributed by atoms with van der Waals surface area (Å²) in [5, 5.41) is 7.06. The molecule has 1 aliphatic heterocycles. The highest BCUT2D eigenvalue weighted by Gasteiger charge is 2.18. The molecular formula is C15H16FN3O2S. The number of aromatic nitrogens is 2. The Balaban J connectivity index is 1.50. The first-order chi connectivity index (χ1) is 10.7. The quantitative estimate of drug-likeness (QED) is 0.860. The van der Waals surface area contributed by atoms with Crippen molar-refractivity contribution in [2.45, 2.75) is 17.4 Å². The molecular weight excluding hydrogens is 305 g/mol. The smallest absolute Gasteiger partial charge is 0.234 e. The summed E-state index contributed by atoms with van der Waals surface area (Å²) in [6, 6.07) is 6.33. The largest absolute Gasteiger partial charge is 0.379 e. The number of nitrogens with zero attached hydrogens (tertiary/aromatic N) is 2. The van der Waals surface area contributed by atoms with Crippen molar-refractivity contribution in [2.75, 3.05) is 24.3 Å². The van der Waals surface area contributed by atoms with Crippen LogP contribution in [0.25, 0.3) is 0 Å². The second-order valence-corrected chi connectivity index (χ2v) is 6.07. The fraction of sp³-hybridized carbons (Fsp3) is 0.333. The number of ether oxygens (including phenoxy) is 1. The summed E-state index contributed by atoms with van der Waals surface area (Å²) in [4.78, 5) is 12.8. The molecule has 0 spiro atoms. The first kappa shape index (κ1) is 15.1. The number of hydrogen-bond acceptors (Lipinski definition) is 4. The molecule has 22 heavy (non-hydrogen) atoms. The summed E-state index contributed by atoms with van der Waals surface area (Å²) in [7, 11) is 0. The van der Waals surface area contributed by atoms with E-state index in [0.29, 0.717) is 12.3 Å². The maximum Gasteiger partial charge on any atom is 0.234 e. The molecule has 116 valence electrons. The van der Waals surface area contributed by atoms with Gasteiger partial charge in [-0.05, 0) is 30.7 Å². The Morgan fingerprint density at radius 1 is 1.45 bits per heavy atom. The number of nitrogens with one attached hydrogen (secondary N) is 1. The summed E-state index contributed by atoms with van der Waals surface area (Å²) in [6.07, 6.45) is 4.40. The number of anilines is 1. The molecule has 1 aromatic carbocycles. The number of carbonyl (C=O) groups excluding carboxylic acids is 1. The molecule has 0 bridgehead atoms. The van der Waals surface area contributed by atoms with Crippen LogP contribution in [0.5, 0.6) is 0 Å². The van der Waals surface area contributed by atoms with E-state index in [1.807, 2.05) is 10.9 Å². The average Bonchev–Trinajstić information content (AvgIpc) is 3.17. The van der Waals surface area contributed by atoms with Crippen LogP contribution in [0.1, 0.15) is 12.5 Å². The van der Waals surface area contributed by atoms with E-state index in [0.717, 1.165) is 17.9 Å². The molecule has 0 radical (unpaired) electrons. The Morgan fingerprint density at radius 2 is 2.27 bits per heavy atom. The van der Waals surface area contributed by atoms with Gasteiger partial charge in [-0.1, -0.05) is 0 Å². The molecule has 1 atom stereocenters. The third-order valence-corrected chi connectivity index (χ3v) is 4.36. The minimum Gasteiger partial charge on any atom is -0.379 e. The zero-order valence-electron chi connectivity index (χ0n) is 11.9. The first-order valence-corrected chi connectivity index (χ1v) is 7.99. The monoisotopic (exact) mass is 321 g/mol. The van der Waals surface area contributed by atoms with Crippen molar-refractivity contribution in [1.82, 2.24) is 9.78 Å². The lowest BCUT2D eigenvalue weighted by atomic mass is 10.3. The fourth-order valence-corrected chi connectivity index (χ4v) is 2.91. The third-order valence-electron chi connectivity index (χ3n) is 3.35. The molecule has 1 aliphatic rings. The van der Waals surface area contributed by atoms with Gasteiger partial charge >= 0.3 is 0 Å². The number of thioether (sulfide) groups is 1. The number of amides is 1. The molecule has 0 saturated carbocycles. The van der Waals surface area contributed by atoms with Crippen molar-refractivity contribution in [2.24, 2.45) is 0 Å². The molecule has 1 N–H and O–H groups in total. The van der Waals surface area contributed by atoms with E-state index >= 15 is 0 Å². The lowest BCUT2D eigenvalue weighted by Crippen LogP contribution is -2.13. The Bertz CT molecular complexity index is 638. The maximum atomic E-state index is 12.8. The number of halogens is 1. The molecule has 0 unspecified atom stereocenters. The van der Waals surface area contributed by atoms with Gasteiger partial charge in [-0.2, -0.15) is 5.10 Å². The van der Waals surface area contributed by atoms with Crippen LogP contribution in [0.4, 0.5) is 10.1 Å². The zero-order valence-corrected chi connectivity index (χ0v) is 12.7. The van der Waals surface area contributed by atoms with Crippen LogP contribution in [-0.4, -0.2) is 34.7 Å².